The zero-order valence-corrected chi connectivity index (χ0v) is 12.7. The molecular formula is C15H18BrFN2. The maximum Gasteiger partial charge on any atom is 0.128 e. The van der Waals surface area contributed by atoms with E-state index in [0.29, 0.717) is 12.1 Å². The second kappa shape index (κ2) is 6.35. The molecule has 1 N–H and O–H groups in total. The summed E-state index contributed by atoms with van der Waals surface area (Å²) in [5.74, 6) is -0.168. The highest BCUT2D eigenvalue weighted by molar-refractivity contribution is 9.10. The average Bonchev–Trinajstić information content (AvgIpc) is 2.82. The Morgan fingerprint density at radius 3 is 2.89 bits per heavy atom. The Balaban J connectivity index is 2.24. The fraction of sp³-hybridized carbons (Fsp3) is 0.333. The molecule has 1 unspecified atom stereocenters. The lowest BCUT2D eigenvalue weighted by Gasteiger charge is -2.16. The second-order valence-corrected chi connectivity index (χ2v) is 5.49. The fourth-order valence-corrected chi connectivity index (χ4v) is 2.63. The molecule has 0 aliphatic heterocycles. The van der Waals surface area contributed by atoms with Crippen molar-refractivity contribution in [3.05, 3.63) is 58.1 Å². The van der Waals surface area contributed by atoms with E-state index in [-0.39, 0.29) is 11.9 Å². The molecule has 0 saturated heterocycles. The van der Waals surface area contributed by atoms with Gasteiger partial charge in [-0.3, -0.25) is 0 Å². The molecule has 1 heterocycles. The first-order valence-corrected chi connectivity index (χ1v) is 7.23. The Bertz CT molecular complexity index is 551. The number of hydrogen-bond acceptors (Lipinski definition) is 1. The van der Waals surface area contributed by atoms with Crippen molar-refractivity contribution in [3.63, 3.8) is 0 Å². The van der Waals surface area contributed by atoms with Gasteiger partial charge in [0.1, 0.15) is 5.82 Å². The van der Waals surface area contributed by atoms with Gasteiger partial charge in [0.25, 0.3) is 0 Å². The molecule has 0 aliphatic carbocycles. The number of halogens is 2. The Morgan fingerprint density at radius 1 is 1.37 bits per heavy atom. The largest absolute Gasteiger partial charge is 0.345 e. The average molecular weight is 325 g/mol. The number of benzene rings is 1. The molecule has 0 aliphatic rings. The second-order valence-electron chi connectivity index (χ2n) is 4.58. The SMILES string of the molecule is CCNC(C)c1cccn1Cc1cc(Br)ccc1F. The van der Waals surface area contributed by atoms with Gasteiger partial charge in [-0.25, -0.2) is 4.39 Å². The van der Waals surface area contributed by atoms with Crippen molar-refractivity contribution in [1.29, 1.82) is 0 Å². The van der Waals surface area contributed by atoms with Crippen LogP contribution >= 0.6 is 15.9 Å². The van der Waals surface area contributed by atoms with Crippen molar-refractivity contribution in [1.82, 2.24) is 9.88 Å². The van der Waals surface area contributed by atoms with Crippen LogP contribution < -0.4 is 5.32 Å². The van der Waals surface area contributed by atoms with Gasteiger partial charge in [-0.15, -0.1) is 0 Å². The minimum absolute atomic E-state index is 0.168. The molecule has 0 radical (unpaired) electrons. The maximum absolute atomic E-state index is 13.8. The van der Waals surface area contributed by atoms with Crippen molar-refractivity contribution in [3.8, 4) is 0 Å². The molecule has 1 aromatic heterocycles. The molecule has 0 fully saturated rings. The van der Waals surface area contributed by atoms with Gasteiger partial charge in [0.2, 0.25) is 0 Å². The van der Waals surface area contributed by atoms with Crippen LogP contribution in [0.1, 0.15) is 31.1 Å². The van der Waals surface area contributed by atoms with Gasteiger partial charge >= 0.3 is 0 Å². The molecule has 0 saturated carbocycles. The van der Waals surface area contributed by atoms with Gasteiger partial charge in [-0.05, 0) is 43.8 Å². The van der Waals surface area contributed by atoms with E-state index < -0.39 is 0 Å². The molecule has 2 nitrogen and oxygen atoms in total. The van der Waals surface area contributed by atoms with E-state index in [4.69, 9.17) is 0 Å². The number of nitrogens with zero attached hydrogens (tertiary/aromatic N) is 1. The van der Waals surface area contributed by atoms with Crippen molar-refractivity contribution >= 4 is 15.9 Å². The van der Waals surface area contributed by atoms with Crippen LogP contribution in [0.2, 0.25) is 0 Å². The summed E-state index contributed by atoms with van der Waals surface area (Å²) < 4.78 is 16.8. The third-order valence-electron chi connectivity index (χ3n) is 3.17. The van der Waals surface area contributed by atoms with E-state index in [2.05, 4.69) is 45.7 Å². The van der Waals surface area contributed by atoms with Gasteiger partial charge in [-0.2, -0.15) is 0 Å². The number of hydrogen-bond donors (Lipinski definition) is 1. The van der Waals surface area contributed by atoms with E-state index in [1.807, 2.05) is 18.3 Å². The van der Waals surface area contributed by atoms with Crippen molar-refractivity contribution in [2.75, 3.05) is 6.54 Å². The summed E-state index contributed by atoms with van der Waals surface area (Å²) >= 11 is 3.38. The Morgan fingerprint density at radius 2 is 2.16 bits per heavy atom. The molecule has 1 atom stereocenters. The first-order valence-electron chi connectivity index (χ1n) is 6.44. The van der Waals surface area contributed by atoms with E-state index in [0.717, 1.165) is 11.0 Å². The fourth-order valence-electron chi connectivity index (χ4n) is 2.22. The zero-order chi connectivity index (χ0) is 13.8. The van der Waals surface area contributed by atoms with Gasteiger partial charge in [0, 0.05) is 28.0 Å². The van der Waals surface area contributed by atoms with E-state index in [1.54, 1.807) is 6.07 Å². The first kappa shape index (κ1) is 14.3. The molecular weight excluding hydrogens is 307 g/mol. The summed E-state index contributed by atoms with van der Waals surface area (Å²) in [6.07, 6.45) is 1.99. The van der Waals surface area contributed by atoms with E-state index in [1.165, 1.54) is 11.8 Å². The van der Waals surface area contributed by atoms with Crippen LogP contribution in [0.25, 0.3) is 0 Å². The summed E-state index contributed by atoms with van der Waals surface area (Å²) in [5, 5.41) is 3.38. The van der Waals surface area contributed by atoms with Crippen LogP contribution in [0.4, 0.5) is 4.39 Å². The maximum atomic E-state index is 13.8. The third kappa shape index (κ3) is 3.45. The predicted molar refractivity (Wildman–Crippen MR) is 79.7 cm³/mol. The van der Waals surface area contributed by atoms with Crippen LogP contribution in [0.15, 0.2) is 41.0 Å². The Hall–Kier alpha value is -1.13. The quantitative estimate of drug-likeness (QED) is 0.875. The summed E-state index contributed by atoms with van der Waals surface area (Å²) in [7, 11) is 0. The minimum Gasteiger partial charge on any atom is -0.345 e. The van der Waals surface area contributed by atoms with Crippen LogP contribution in [-0.4, -0.2) is 11.1 Å². The molecule has 2 aromatic rings. The minimum atomic E-state index is -0.168. The lowest BCUT2D eigenvalue weighted by atomic mass is 10.2. The van der Waals surface area contributed by atoms with Crippen molar-refractivity contribution < 1.29 is 4.39 Å². The normalized spacial score (nSPS) is 12.6. The van der Waals surface area contributed by atoms with Crippen molar-refractivity contribution in [2.24, 2.45) is 0 Å². The highest BCUT2D eigenvalue weighted by atomic mass is 79.9. The van der Waals surface area contributed by atoms with Crippen LogP contribution in [0, 0.1) is 5.82 Å². The summed E-state index contributed by atoms with van der Waals surface area (Å²) in [5.41, 5.74) is 1.86. The van der Waals surface area contributed by atoms with Gasteiger partial charge in [0.05, 0.1) is 6.54 Å². The summed E-state index contributed by atoms with van der Waals surface area (Å²) in [4.78, 5) is 0. The molecule has 19 heavy (non-hydrogen) atoms. The van der Waals surface area contributed by atoms with E-state index >= 15 is 0 Å². The lowest BCUT2D eigenvalue weighted by Crippen LogP contribution is -2.21. The highest BCUT2D eigenvalue weighted by Crippen LogP contribution is 2.19. The Labute approximate surface area is 121 Å². The number of aromatic nitrogens is 1. The Kier molecular flexibility index (Phi) is 4.77. The number of rotatable bonds is 5. The predicted octanol–water partition coefficient (Wildman–Crippen LogP) is 4.11. The highest BCUT2D eigenvalue weighted by Gasteiger charge is 2.11. The smallest absolute Gasteiger partial charge is 0.128 e. The van der Waals surface area contributed by atoms with E-state index in [9.17, 15) is 4.39 Å². The molecule has 0 amide bonds. The third-order valence-corrected chi connectivity index (χ3v) is 3.66. The lowest BCUT2D eigenvalue weighted by molar-refractivity contribution is 0.544. The molecule has 1 aromatic carbocycles. The molecule has 0 spiro atoms. The van der Waals surface area contributed by atoms with Gasteiger partial charge in [0.15, 0.2) is 0 Å². The van der Waals surface area contributed by atoms with Crippen LogP contribution in [-0.2, 0) is 6.54 Å². The molecule has 102 valence electrons. The van der Waals surface area contributed by atoms with Crippen LogP contribution in [0.5, 0.6) is 0 Å². The monoisotopic (exact) mass is 324 g/mol. The summed E-state index contributed by atoms with van der Waals surface area (Å²) in [6, 6.07) is 9.38. The number of nitrogens with one attached hydrogen (secondary N) is 1. The van der Waals surface area contributed by atoms with Gasteiger partial charge < -0.3 is 9.88 Å². The van der Waals surface area contributed by atoms with Gasteiger partial charge in [-0.1, -0.05) is 22.9 Å². The topological polar surface area (TPSA) is 17.0 Å². The standard InChI is InChI=1S/C15H18BrFN2/c1-3-18-11(2)15-5-4-8-19(15)10-12-9-13(16)6-7-14(12)17/h4-9,11,18H,3,10H2,1-2H3. The molecule has 4 heteroatoms. The summed E-state index contributed by atoms with van der Waals surface area (Å²) in [6.45, 7) is 5.66. The van der Waals surface area contributed by atoms with Crippen LogP contribution in [0.3, 0.4) is 0 Å². The first-order chi connectivity index (χ1) is 9.11. The molecule has 0 bridgehead atoms. The zero-order valence-electron chi connectivity index (χ0n) is 11.2. The van der Waals surface area contributed by atoms with Crippen molar-refractivity contribution in [2.45, 2.75) is 26.4 Å². The molecule has 2 rings (SSSR count).